The first-order chi connectivity index (χ1) is 9.43. The third kappa shape index (κ3) is 3.35. The van der Waals surface area contributed by atoms with Crippen molar-refractivity contribution >= 4 is 21.9 Å². The highest BCUT2D eigenvalue weighted by Gasteiger charge is 2.34. The highest BCUT2D eigenvalue weighted by molar-refractivity contribution is 9.10. The molecule has 1 N–H and O–H groups in total. The van der Waals surface area contributed by atoms with Crippen molar-refractivity contribution in [2.24, 2.45) is 5.92 Å². The minimum atomic E-state index is -0.722. The Kier molecular flexibility index (Phi) is 4.74. The molecule has 1 fully saturated rings. The maximum Gasteiger partial charge on any atom is 0.303 e. The molecular weight excluding hydrogens is 320 g/mol. The number of aliphatic carboxylic acids is 1. The van der Waals surface area contributed by atoms with E-state index in [9.17, 15) is 4.79 Å². The lowest BCUT2D eigenvalue weighted by molar-refractivity contribution is -0.137. The Labute approximate surface area is 128 Å². The maximum absolute atomic E-state index is 11.1. The number of methoxy groups -OCH3 is 1. The lowest BCUT2D eigenvalue weighted by atomic mass is 9.88. The molecule has 4 heteroatoms. The van der Waals surface area contributed by atoms with Crippen molar-refractivity contribution in [3.8, 4) is 5.75 Å². The normalized spacial score (nSPS) is 16.2. The predicted molar refractivity (Wildman–Crippen MR) is 82.5 cm³/mol. The van der Waals surface area contributed by atoms with Gasteiger partial charge < -0.3 is 9.84 Å². The molecule has 2 rings (SSSR count). The fourth-order valence-corrected chi connectivity index (χ4v) is 3.39. The molecule has 1 unspecified atom stereocenters. The van der Waals surface area contributed by atoms with E-state index in [4.69, 9.17) is 9.84 Å². The Morgan fingerprint density at radius 2 is 2.10 bits per heavy atom. The number of rotatable bonds is 6. The SMILES string of the molecule is COc1c(Br)cc(C(CC(=O)O)C2CC2)cc1C(C)C. The smallest absolute Gasteiger partial charge is 0.303 e. The zero-order valence-corrected chi connectivity index (χ0v) is 13.7. The molecule has 20 heavy (non-hydrogen) atoms. The summed E-state index contributed by atoms with van der Waals surface area (Å²) in [7, 11) is 1.67. The summed E-state index contributed by atoms with van der Waals surface area (Å²) in [5, 5.41) is 9.13. The van der Waals surface area contributed by atoms with Crippen molar-refractivity contribution in [1.82, 2.24) is 0 Å². The molecule has 0 heterocycles. The van der Waals surface area contributed by atoms with Crippen LogP contribution in [-0.2, 0) is 4.79 Å². The van der Waals surface area contributed by atoms with Crippen LogP contribution in [0.5, 0.6) is 5.75 Å². The van der Waals surface area contributed by atoms with Crippen molar-refractivity contribution in [2.75, 3.05) is 7.11 Å². The topological polar surface area (TPSA) is 46.5 Å². The van der Waals surface area contributed by atoms with Gasteiger partial charge in [-0.2, -0.15) is 0 Å². The van der Waals surface area contributed by atoms with Crippen molar-refractivity contribution < 1.29 is 14.6 Å². The second-order valence-corrected chi connectivity index (χ2v) is 6.68. The van der Waals surface area contributed by atoms with Gasteiger partial charge in [0, 0.05) is 0 Å². The van der Waals surface area contributed by atoms with Crippen LogP contribution in [0.3, 0.4) is 0 Å². The highest BCUT2D eigenvalue weighted by atomic mass is 79.9. The number of hydrogen-bond donors (Lipinski definition) is 1. The number of halogens is 1. The summed E-state index contributed by atoms with van der Waals surface area (Å²) in [6, 6.07) is 4.15. The Balaban J connectivity index is 2.42. The first kappa shape index (κ1) is 15.4. The molecular formula is C16H21BrO3. The number of benzene rings is 1. The molecule has 1 aromatic carbocycles. The van der Waals surface area contributed by atoms with E-state index in [1.54, 1.807) is 7.11 Å². The Hall–Kier alpha value is -1.03. The molecule has 0 aliphatic heterocycles. The number of ether oxygens (including phenoxy) is 1. The van der Waals surface area contributed by atoms with Crippen LogP contribution in [0.25, 0.3) is 0 Å². The highest BCUT2D eigenvalue weighted by Crippen LogP contribution is 2.47. The van der Waals surface area contributed by atoms with Crippen LogP contribution in [0.15, 0.2) is 16.6 Å². The maximum atomic E-state index is 11.1. The Morgan fingerprint density at radius 3 is 2.55 bits per heavy atom. The number of hydrogen-bond acceptors (Lipinski definition) is 2. The van der Waals surface area contributed by atoms with Crippen molar-refractivity contribution in [3.05, 3.63) is 27.7 Å². The van der Waals surface area contributed by atoms with Gasteiger partial charge in [-0.3, -0.25) is 4.79 Å². The fourth-order valence-electron chi connectivity index (χ4n) is 2.74. The van der Waals surface area contributed by atoms with Crippen LogP contribution in [0, 0.1) is 5.92 Å². The van der Waals surface area contributed by atoms with E-state index in [0.29, 0.717) is 11.8 Å². The molecule has 0 aromatic heterocycles. The van der Waals surface area contributed by atoms with Gasteiger partial charge in [0.15, 0.2) is 0 Å². The first-order valence-corrected chi connectivity index (χ1v) is 7.82. The molecule has 1 aliphatic carbocycles. The average molecular weight is 341 g/mol. The summed E-state index contributed by atoms with van der Waals surface area (Å²) in [5.74, 6) is 1.11. The summed E-state index contributed by atoms with van der Waals surface area (Å²) in [6.45, 7) is 4.24. The van der Waals surface area contributed by atoms with E-state index in [1.807, 2.05) is 6.07 Å². The zero-order chi connectivity index (χ0) is 14.9. The quantitative estimate of drug-likeness (QED) is 0.826. The minimum absolute atomic E-state index is 0.118. The van der Waals surface area contributed by atoms with Crippen LogP contribution in [-0.4, -0.2) is 18.2 Å². The third-order valence-corrected chi connectivity index (χ3v) is 4.52. The van der Waals surface area contributed by atoms with Crippen LogP contribution in [0.4, 0.5) is 0 Å². The number of carbonyl (C=O) groups is 1. The molecule has 0 bridgehead atoms. The largest absolute Gasteiger partial charge is 0.495 e. The van der Waals surface area contributed by atoms with E-state index < -0.39 is 5.97 Å². The molecule has 1 aliphatic rings. The lowest BCUT2D eigenvalue weighted by Crippen LogP contribution is -2.09. The predicted octanol–water partition coefficient (Wildman–Crippen LogP) is 4.55. The Bertz CT molecular complexity index is 507. The van der Waals surface area contributed by atoms with E-state index in [2.05, 4.69) is 35.8 Å². The van der Waals surface area contributed by atoms with Gasteiger partial charge in [-0.05, 0) is 63.7 Å². The van der Waals surface area contributed by atoms with Gasteiger partial charge in [-0.1, -0.05) is 19.9 Å². The molecule has 0 spiro atoms. The summed E-state index contributed by atoms with van der Waals surface area (Å²) < 4.78 is 6.38. The number of carboxylic acid groups (broad SMARTS) is 1. The molecule has 1 atom stereocenters. The second-order valence-electron chi connectivity index (χ2n) is 5.82. The molecule has 3 nitrogen and oxygen atoms in total. The monoisotopic (exact) mass is 340 g/mol. The Morgan fingerprint density at radius 1 is 1.45 bits per heavy atom. The fraction of sp³-hybridized carbons (Fsp3) is 0.562. The van der Waals surface area contributed by atoms with Gasteiger partial charge in [-0.25, -0.2) is 0 Å². The molecule has 110 valence electrons. The summed E-state index contributed by atoms with van der Waals surface area (Å²) in [4.78, 5) is 11.1. The van der Waals surface area contributed by atoms with Gasteiger partial charge in [0.2, 0.25) is 0 Å². The molecule has 1 saturated carbocycles. The summed E-state index contributed by atoms with van der Waals surface area (Å²) in [5.41, 5.74) is 2.25. The van der Waals surface area contributed by atoms with Crippen molar-refractivity contribution in [1.29, 1.82) is 0 Å². The van der Waals surface area contributed by atoms with Gasteiger partial charge in [0.25, 0.3) is 0 Å². The van der Waals surface area contributed by atoms with Gasteiger partial charge in [0.05, 0.1) is 18.0 Å². The van der Waals surface area contributed by atoms with E-state index >= 15 is 0 Å². The summed E-state index contributed by atoms with van der Waals surface area (Å²) >= 11 is 3.56. The van der Waals surface area contributed by atoms with Crippen LogP contribution >= 0.6 is 15.9 Å². The van der Waals surface area contributed by atoms with Gasteiger partial charge >= 0.3 is 5.97 Å². The number of carboxylic acids is 1. The first-order valence-electron chi connectivity index (χ1n) is 7.03. The van der Waals surface area contributed by atoms with Gasteiger partial charge in [0.1, 0.15) is 5.75 Å². The van der Waals surface area contributed by atoms with Crippen molar-refractivity contribution in [3.63, 3.8) is 0 Å². The van der Waals surface area contributed by atoms with Gasteiger partial charge in [-0.15, -0.1) is 0 Å². The minimum Gasteiger partial charge on any atom is -0.495 e. The van der Waals surface area contributed by atoms with Crippen LogP contribution in [0.2, 0.25) is 0 Å². The molecule has 0 amide bonds. The molecule has 1 aromatic rings. The van der Waals surface area contributed by atoms with Crippen LogP contribution < -0.4 is 4.74 Å². The summed E-state index contributed by atoms with van der Waals surface area (Å²) in [6.07, 6.45) is 2.48. The van der Waals surface area contributed by atoms with E-state index in [1.165, 1.54) is 0 Å². The standard InChI is InChI=1S/C16H21BrO3/c1-9(2)12-6-11(7-14(17)16(12)20-3)13(8-15(18)19)10-4-5-10/h6-7,9-10,13H,4-5,8H2,1-3H3,(H,18,19). The van der Waals surface area contributed by atoms with Crippen LogP contribution in [0.1, 0.15) is 56.1 Å². The molecule has 0 saturated heterocycles. The second kappa shape index (κ2) is 6.17. The third-order valence-electron chi connectivity index (χ3n) is 3.93. The zero-order valence-electron chi connectivity index (χ0n) is 12.1. The van der Waals surface area contributed by atoms with E-state index in [-0.39, 0.29) is 12.3 Å². The average Bonchev–Trinajstić information content (AvgIpc) is 3.18. The molecule has 0 radical (unpaired) electrons. The van der Waals surface area contributed by atoms with Crippen molar-refractivity contribution in [2.45, 2.75) is 44.9 Å². The lowest BCUT2D eigenvalue weighted by Gasteiger charge is -2.20. The van der Waals surface area contributed by atoms with E-state index in [0.717, 1.165) is 34.2 Å².